The van der Waals surface area contributed by atoms with Crippen LogP contribution in [0.3, 0.4) is 0 Å². The minimum Gasteiger partial charge on any atom is -0.381 e. The number of rotatable bonds is 6. The lowest BCUT2D eigenvalue weighted by atomic mass is 10.0. The van der Waals surface area contributed by atoms with Crippen molar-refractivity contribution in [2.24, 2.45) is 5.73 Å². The lowest BCUT2D eigenvalue weighted by Gasteiger charge is -2.32. The molecule has 0 radical (unpaired) electrons. The largest absolute Gasteiger partial charge is 0.381 e. The molecule has 0 aliphatic carbocycles. The second-order valence-electron chi connectivity index (χ2n) is 9.32. The van der Waals surface area contributed by atoms with Crippen LogP contribution in [0.4, 0.5) is 10.5 Å². The number of pyridine rings is 1. The van der Waals surface area contributed by atoms with E-state index < -0.39 is 16.1 Å². The average Bonchev–Trinajstić information content (AvgIpc) is 3.28. The summed E-state index contributed by atoms with van der Waals surface area (Å²) >= 11 is 0. The van der Waals surface area contributed by atoms with Crippen LogP contribution in [0.15, 0.2) is 30.6 Å². The maximum atomic E-state index is 13.2. The van der Waals surface area contributed by atoms with Gasteiger partial charge in [0.05, 0.1) is 29.1 Å². The summed E-state index contributed by atoms with van der Waals surface area (Å²) in [5.41, 5.74) is 10.8. The fraction of sp³-hybridized carbons (Fsp3) is 0.440. The van der Waals surface area contributed by atoms with E-state index in [0.29, 0.717) is 38.0 Å². The number of nitrogens with two attached hydrogens (primary N) is 1. The molecule has 0 unspecified atom stereocenters. The third kappa shape index (κ3) is 7.65. The van der Waals surface area contributed by atoms with Crippen molar-refractivity contribution in [1.82, 2.24) is 25.0 Å². The van der Waals surface area contributed by atoms with Crippen LogP contribution in [0.2, 0.25) is 0 Å². The highest BCUT2D eigenvalue weighted by atomic mass is 32.2. The van der Waals surface area contributed by atoms with Gasteiger partial charge in [0, 0.05) is 38.4 Å². The maximum Gasteiger partial charge on any atom is 0.314 e. The SMILES string of the molecule is CCn1ncc2c(NC3CCN(C(N)=O)CC3)c(C(=O)NCc3ccc(C)c(C)c3)cnc21.CS(=O)(=O)O. The Morgan fingerprint density at radius 2 is 1.82 bits per heavy atom. The number of aryl methyl sites for hydroxylation is 3. The Kier molecular flexibility index (Phi) is 9.28. The topological polar surface area (TPSA) is 173 Å². The molecule has 0 saturated carbocycles. The zero-order valence-electron chi connectivity index (χ0n) is 22.1. The van der Waals surface area contributed by atoms with Crippen molar-refractivity contribution in [3.63, 3.8) is 0 Å². The van der Waals surface area contributed by atoms with Gasteiger partial charge in [-0.1, -0.05) is 18.2 Å². The maximum absolute atomic E-state index is 13.2. The van der Waals surface area contributed by atoms with Crippen LogP contribution in [0, 0.1) is 13.8 Å². The van der Waals surface area contributed by atoms with Crippen LogP contribution >= 0.6 is 0 Å². The number of nitrogens with one attached hydrogen (secondary N) is 2. The summed E-state index contributed by atoms with van der Waals surface area (Å²) in [5.74, 6) is -0.191. The van der Waals surface area contributed by atoms with Gasteiger partial charge in [0.2, 0.25) is 0 Å². The zero-order valence-corrected chi connectivity index (χ0v) is 22.9. The van der Waals surface area contributed by atoms with Gasteiger partial charge in [-0.05, 0) is 50.3 Å². The Morgan fingerprint density at radius 1 is 1.16 bits per heavy atom. The van der Waals surface area contributed by atoms with Crippen molar-refractivity contribution in [2.75, 3.05) is 24.7 Å². The van der Waals surface area contributed by atoms with Crippen LogP contribution in [-0.2, 0) is 23.2 Å². The summed E-state index contributed by atoms with van der Waals surface area (Å²) in [6, 6.07) is 5.90. The van der Waals surface area contributed by atoms with Crippen molar-refractivity contribution >= 4 is 38.8 Å². The number of benzene rings is 1. The van der Waals surface area contributed by atoms with E-state index in [1.54, 1.807) is 17.3 Å². The number of carbonyl (C=O) groups excluding carboxylic acids is 2. The van der Waals surface area contributed by atoms with E-state index in [-0.39, 0.29) is 11.9 Å². The Labute approximate surface area is 222 Å². The number of carbonyl (C=O) groups is 2. The van der Waals surface area contributed by atoms with E-state index in [9.17, 15) is 18.0 Å². The lowest BCUT2D eigenvalue weighted by molar-refractivity contribution is 0.0951. The molecule has 1 saturated heterocycles. The second kappa shape index (κ2) is 12.2. The Balaban J connectivity index is 0.000000732. The fourth-order valence-corrected chi connectivity index (χ4v) is 4.23. The van der Waals surface area contributed by atoms with Crippen molar-refractivity contribution in [2.45, 2.75) is 52.7 Å². The normalized spacial score (nSPS) is 14.1. The molecule has 5 N–H and O–H groups in total. The summed E-state index contributed by atoms with van der Waals surface area (Å²) in [5, 5.41) is 11.8. The first kappa shape index (κ1) is 28.9. The molecule has 1 fully saturated rings. The van der Waals surface area contributed by atoms with E-state index in [0.717, 1.165) is 35.1 Å². The van der Waals surface area contributed by atoms with Crippen LogP contribution < -0.4 is 16.4 Å². The van der Waals surface area contributed by atoms with Gasteiger partial charge in [-0.15, -0.1) is 0 Å². The van der Waals surface area contributed by atoms with Crippen molar-refractivity contribution in [3.8, 4) is 0 Å². The van der Waals surface area contributed by atoms with E-state index >= 15 is 0 Å². The smallest absolute Gasteiger partial charge is 0.314 e. The number of hydrogen-bond acceptors (Lipinski definition) is 7. The first-order chi connectivity index (χ1) is 17.9. The standard InChI is InChI=1S/C24H31N7O2.CH4O3S/c1-4-31-22-19(14-28-31)21(29-18-7-9-30(10-8-18)24(25)33)20(13-26-22)23(32)27-12-17-6-5-15(2)16(3)11-17;1-5(2,3)4/h5-6,11,13-14,18H,4,7-10,12H2,1-3H3,(H2,25,33)(H,26,29)(H,27,32);1H3,(H,2,3,4). The number of anilines is 1. The van der Waals surface area contributed by atoms with E-state index in [2.05, 4.69) is 46.7 Å². The summed E-state index contributed by atoms with van der Waals surface area (Å²) in [6.45, 7) is 8.43. The van der Waals surface area contributed by atoms with Gasteiger partial charge < -0.3 is 21.3 Å². The Hall–Kier alpha value is -3.71. The summed E-state index contributed by atoms with van der Waals surface area (Å²) in [4.78, 5) is 30.8. The van der Waals surface area contributed by atoms with Crippen LogP contribution in [0.1, 0.15) is 46.8 Å². The van der Waals surface area contributed by atoms with Crippen LogP contribution in [-0.4, -0.2) is 70.0 Å². The molecular weight excluding hydrogens is 510 g/mol. The molecule has 3 aromatic rings. The van der Waals surface area contributed by atoms with Gasteiger partial charge in [-0.2, -0.15) is 13.5 Å². The summed E-state index contributed by atoms with van der Waals surface area (Å²) in [6.07, 6.45) is 5.59. The molecule has 1 aromatic carbocycles. The summed E-state index contributed by atoms with van der Waals surface area (Å²) in [7, 11) is -3.67. The second-order valence-corrected chi connectivity index (χ2v) is 10.8. The fourth-order valence-electron chi connectivity index (χ4n) is 4.23. The third-order valence-electron chi connectivity index (χ3n) is 6.39. The molecular formula is C25H35N7O5S. The minimum atomic E-state index is -3.67. The monoisotopic (exact) mass is 545 g/mol. The van der Waals surface area contributed by atoms with Crippen LogP contribution in [0.5, 0.6) is 0 Å². The molecule has 0 atom stereocenters. The number of nitrogens with zero attached hydrogens (tertiary/aromatic N) is 4. The lowest BCUT2D eigenvalue weighted by Crippen LogP contribution is -2.44. The molecule has 1 aliphatic rings. The van der Waals surface area contributed by atoms with Gasteiger partial charge in [0.15, 0.2) is 5.65 Å². The Morgan fingerprint density at radius 3 is 2.39 bits per heavy atom. The number of urea groups is 1. The predicted molar refractivity (Wildman–Crippen MR) is 146 cm³/mol. The highest BCUT2D eigenvalue weighted by Crippen LogP contribution is 2.28. The average molecular weight is 546 g/mol. The van der Waals surface area contributed by atoms with E-state index in [1.165, 1.54) is 11.1 Å². The summed E-state index contributed by atoms with van der Waals surface area (Å²) < 4.78 is 27.7. The number of likely N-dealkylation sites (tertiary alicyclic amines) is 1. The number of primary amides is 1. The molecule has 13 heteroatoms. The number of aromatic nitrogens is 3. The molecule has 3 heterocycles. The molecule has 1 aliphatic heterocycles. The number of piperidine rings is 1. The minimum absolute atomic E-state index is 0.113. The van der Waals surface area contributed by atoms with Crippen LogP contribution in [0.25, 0.3) is 11.0 Å². The van der Waals surface area contributed by atoms with Gasteiger partial charge >= 0.3 is 6.03 Å². The third-order valence-corrected chi connectivity index (χ3v) is 6.39. The van der Waals surface area contributed by atoms with E-state index in [4.69, 9.17) is 10.3 Å². The number of amides is 3. The first-order valence-corrected chi connectivity index (χ1v) is 14.1. The first-order valence-electron chi connectivity index (χ1n) is 12.3. The quantitative estimate of drug-likeness (QED) is 0.342. The number of fused-ring (bicyclic) bond motifs is 1. The van der Waals surface area contributed by atoms with Crippen molar-refractivity contribution in [1.29, 1.82) is 0 Å². The highest BCUT2D eigenvalue weighted by molar-refractivity contribution is 7.85. The molecule has 38 heavy (non-hydrogen) atoms. The van der Waals surface area contributed by atoms with E-state index in [1.807, 2.05) is 17.7 Å². The van der Waals surface area contributed by atoms with Crippen molar-refractivity contribution < 1.29 is 22.6 Å². The highest BCUT2D eigenvalue weighted by Gasteiger charge is 2.25. The number of hydrogen-bond donors (Lipinski definition) is 4. The molecule has 4 rings (SSSR count). The Bertz CT molecular complexity index is 1400. The van der Waals surface area contributed by atoms with Gasteiger partial charge in [-0.3, -0.25) is 9.35 Å². The van der Waals surface area contributed by atoms with Gasteiger partial charge in [0.25, 0.3) is 16.0 Å². The zero-order chi connectivity index (χ0) is 28.0. The van der Waals surface area contributed by atoms with Crippen molar-refractivity contribution in [3.05, 3.63) is 52.8 Å². The molecule has 3 amide bonds. The molecule has 0 bridgehead atoms. The molecule has 2 aromatic heterocycles. The molecule has 12 nitrogen and oxygen atoms in total. The van der Waals surface area contributed by atoms with Gasteiger partial charge in [0.1, 0.15) is 0 Å². The molecule has 0 spiro atoms. The van der Waals surface area contributed by atoms with Gasteiger partial charge in [-0.25, -0.2) is 14.5 Å². The molecule has 206 valence electrons. The predicted octanol–water partition coefficient (Wildman–Crippen LogP) is 2.46.